The van der Waals surface area contributed by atoms with Gasteiger partial charge in [-0.2, -0.15) is 4.57 Å². The second-order valence-corrected chi connectivity index (χ2v) is 8.20. The fourth-order valence-electron chi connectivity index (χ4n) is 2.36. The van der Waals surface area contributed by atoms with Crippen molar-refractivity contribution in [1.82, 2.24) is 0 Å². The van der Waals surface area contributed by atoms with Crippen molar-refractivity contribution < 1.29 is 22.6 Å². The van der Waals surface area contributed by atoms with E-state index in [-0.39, 0.29) is 11.5 Å². The first-order chi connectivity index (χ1) is 11.8. The Balaban J connectivity index is 0.000000186. The predicted octanol–water partition coefficient (Wildman–Crippen LogP) is 2.78. The molecule has 0 saturated heterocycles. The molecule has 5 nitrogen and oxygen atoms in total. The molecule has 0 aliphatic heterocycles. The number of rotatable bonds is 4. The highest BCUT2D eigenvalue weighted by Crippen LogP contribution is 2.19. The van der Waals surface area contributed by atoms with Crippen molar-refractivity contribution in [2.45, 2.75) is 31.7 Å². The van der Waals surface area contributed by atoms with Crippen LogP contribution in [0, 0.1) is 13.8 Å². The lowest BCUT2D eigenvalue weighted by molar-refractivity contribution is -0.673. The van der Waals surface area contributed by atoms with Crippen LogP contribution in [0.3, 0.4) is 0 Å². The van der Waals surface area contributed by atoms with Crippen LogP contribution in [0.5, 0.6) is 0 Å². The Labute approximate surface area is 151 Å². The van der Waals surface area contributed by atoms with Gasteiger partial charge in [0.15, 0.2) is 6.54 Å². The third-order valence-corrected chi connectivity index (χ3v) is 5.57. The van der Waals surface area contributed by atoms with Gasteiger partial charge in [0.25, 0.3) is 0 Å². The number of nitrogens with zero attached hydrogens (tertiary/aromatic N) is 1. The first kappa shape index (κ1) is 19.5. The highest BCUT2D eigenvalue weighted by Gasteiger charge is 2.15. The summed E-state index contributed by atoms with van der Waals surface area (Å²) in [6.45, 7) is 5.12. The lowest BCUT2D eigenvalue weighted by Gasteiger charge is -2.05. The minimum absolute atomic E-state index is 0.178. The van der Waals surface area contributed by atoms with E-state index in [1.54, 1.807) is 12.1 Å². The monoisotopic (exact) mass is 379 g/mol. The molecule has 3 rings (SSSR count). The van der Waals surface area contributed by atoms with Crippen molar-refractivity contribution in [3.63, 3.8) is 0 Å². The normalized spacial score (nSPS) is 11.2. The number of aromatic nitrogens is 1. The molecule has 0 spiro atoms. The van der Waals surface area contributed by atoms with Crippen LogP contribution in [0.4, 0.5) is 0 Å². The summed E-state index contributed by atoms with van der Waals surface area (Å²) >= 11 is 1.81. The molecule has 0 aliphatic rings. The molecule has 25 heavy (non-hydrogen) atoms. The van der Waals surface area contributed by atoms with Crippen molar-refractivity contribution in [2.24, 2.45) is 0 Å². The summed E-state index contributed by atoms with van der Waals surface area (Å²) in [7, 11) is -4.27. The molecule has 0 aliphatic carbocycles. The van der Waals surface area contributed by atoms with Crippen molar-refractivity contribution in [3.8, 4) is 0 Å². The van der Waals surface area contributed by atoms with Gasteiger partial charge >= 0.3 is 0 Å². The predicted molar refractivity (Wildman–Crippen MR) is 97.6 cm³/mol. The SMILES string of the molecule is Cc1ccc(S(=O)(=O)[O-])cc1.Cc1sc2ccccc2[n+]1CCCO. The quantitative estimate of drug-likeness (QED) is 0.558. The van der Waals surface area contributed by atoms with Gasteiger partial charge in [-0.3, -0.25) is 0 Å². The molecule has 2 aromatic carbocycles. The van der Waals surface area contributed by atoms with E-state index in [9.17, 15) is 13.0 Å². The standard InChI is InChI=1S/C11H14NOS.C7H8O3S/c1-9-12(7-4-8-13)10-5-2-3-6-11(10)14-9;1-6-2-4-7(5-3-6)11(8,9)10/h2-3,5-6,13H,4,7-8H2,1H3;2-5H,1H3,(H,8,9,10)/q+1;/p-1. The van der Waals surface area contributed by atoms with Gasteiger partial charge in [-0.25, -0.2) is 8.42 Å². The summed E-state index contributed by atoms with van der Waals surface area (Å²) < 4.78 is 34.8. The van der Waals surface area contributed by atoms with E-state index in [4.69, 9.17) is 5.11 Å². The average Bonchev–Trinajstić information content (AvgIpc) is 2.88. The Bertz CT molecular complexity index is 931. The molecule has 1 N–H and O–H groups in total. The number of hydrogen-bond acceptors (Lipinski definition) is 5. The zero-order valence-electron chi connectivity index (χ0n) is 14.2. The molecule has 0 atom stereocenters. The highest BCUT2D eigenvalue weighted by atomic mass is 32.2. The first-order valence-electron chi connectivity index (χ1n) is 7.84. The largest absolute Gasteiger partial charge is 0.744 e. The van der Waals surface area contributed by atoms with Gasteiger partial charge in [-0.05, 0) is 25.1 Å². The summed E-state index contributed by atoms with van der Waals surface area (Å²) in [6, 6.07) is 14.2. The smallest absolute Gasteiger partial charge is 0.235 e. The van der Waals surface area contributed by atoms with E-state index in [1.165, 1.54) is 27.4 Å². The highest BCUT2D eigenvalue weighted by molar-refractivity contribution is 7.85. The number of hydrogen-bond donors (Lipinski definition) is 1. The Hall–Kier alpha value is -1.80. The lowest BCUT2D eigenvalue weighted by atomic mass is 10.2. The fourth-order valence-corrected chi connectivity index (χ4v) is 3.88. The summed E-state index contributed by atoms with van der Waals surface area (Å²) in [4.78, 5) is -0.178. The Morgan fingerprint density at radius 1 is 1.08 bits per heavy atom. The van der Waals surface area contributed by atoms with Gasteiger partial charge < -0.3 is 9.66 Å². The Kier molecular flexibility index (Phi) is 6.66. The van der Waals surface area contributed by atoms with E-state index in [0.29, 0.717) is 0 Å². The minimum Gasteiger partial charge on any atom is -0.744 e. The number of benzene rings is 2. The molecular weight excluding hydrogens is 358 g/mol. The second-order valence-electron chi connectivity index (χ2n) is 5.58. The Morgan fingerprint density at radius 2 is 1.72 bits per heavy atom. The van der Waals surface area contributed by atoms with Crippen molar-refractivity contribution in [1.29, 1.82) is 0 Å². The maximum Gasteiger partial charge on any atom is 0.235 e. The molecular formula is C18H21NO4S2. The van der Waals surface area contributed by atoms with Crippen LogP contribution in [0.15, 0.2) is 53.4 Å². The van der Waals surface area contributed by atoms with Crippen LogP contribution in [-0.2, 0) is 16.7 Å². The number of aryl methyl sites for hydroxylation is 3. The fraction of sp³-hybridized carbons (Fsp3) is 0.278. The van der Waals surface area contributed by atoms with E-state index >= 15 is 0 Å². The van der Waals surface area contributed by atoms with Gasteiger partial charge in [0.1, 0.15) is 14.8 Å². The maximum absolute atomic E-state index is 10.4. The van der Waals surface area contributed by atoms with Crippen LogP contribution in [-0.4, -0.2) is 24.7 Å². The molecule has 0 unspecified atom stereocenters. The number of aliphatic hydroxyl groups is 1. The number of fused-ring (bicyclic) bond motifs is 1. The number of para-hydroxylation sites is 1. The number of aliphatic hydroxyl groups excluding tert-OH is 1. The van der Waals surface area contributed by atoms with Gasteiger partial charge in [0.2, 0.25) is 10.5 Å². The topological polar surface area (TPSA) is 81.3 Å². The van der Waals surface area contributed by atoms with Crippen LogP contribution in [0.25, 0.3) is 10.2 Å². The third-order valence-electron chi connectivity index (χ3n) is 3.64. The third kappa shape index (κ3) is 5.34. The summed E-state index contributed by atoms with van der Waals surface area (Å²) in [5.41, 5.74) is 2.21. The maximum atomic E-state index is 10.4. The van der Waals surface area contributed by atoms with E-state index in [2.05, 4.69) is 35.8 Å². The molecule has 0 amide bonds. The molecule has 0 saturated carbocycles. The van der Waals surface area contributed by atoms with Crippen LogP contribution in [0.2, 0.25) is 0 Å². The van der Waals surface area contributed by atoms with E-state index < -0.39 is 10.1 Å². The van der Waals surface area contributed by atoms with E-state index in [1.807, 2.05) is 18.3 Å². The minimum atomic E-state index is -4.27. The zero-order chi connectivity index (χ0) is 18.4. The number of thiazole rings is 1. The average molecular weight is 380 g/mol. The zero-order valence-corrected chi connectivity index (χ0v) is 15.8. The molecule has 1 aromatic heterocycles. The molecule has 134 valence electrons. The molecule has 3 aromatic rings. The van der Waals surface area contributed by atoms with Gasteiger partial charge in [0, 0.05) is 26.0 Å². The van der Waals surface area contributed by atoms with Crippen molar-refractivity contribution in [3.05, 3.63) is 59.1 Å². The molecule has 7 heteroatoms. The van der Waals surface area contributed by atoms with Crippen molar-refractivity contribution >= 4 is 31.7 Å². The summed E-state index contributed by atoms with van der Waals surface area (Å²) in [5.74, 6) is 0. The second kappa shape index (κ2) is 8.53. The van der Waals surface area contributed by atoms with Crippen LogP contribution >= 0.6 is 11.3 Å². The first-order valence-corrected chi connectivity index (χ1v) is 10.1. The van der Waals surface area contributed by atoms with E-state index in [0.717, 1.165) is 18.5 Å². The van der Waals surface area contributed by atoms with Gasteiger partial charge in [-0.15, -0.1) is 0 Å². The molecule has 0 bridgehead atoms. The van der Waals surface area contributed by atoms with Crippen molar-refractivity contribution in [2.75, 3.05) is 6.61 Å². The van der Waals surface area contributed by atoms with Gasteiger partial charge in [-0.1, -0.05) is 41.2 Å². The lowest BCUT2D eigenvalue weighted by Crippen LogP contribution is -2.35. The molecule has 0 radical (unpaired) electrons. The Morgan fingerprint density at radius 3 is 2.32 bits per heavy atom. The van der Waals surface area contributed by atoms with Gasteiger partial charge in [0.05, 0.1) is 4.90 Å². The van der Waals surface area contributed by atoms with Crippen LogP contribution < -0.4 is 4.57 Å². The molecule has 1 heterocycles. The summed E-state index contributed by atoms with van der Waals surface area (Å²) in [6.07, 6.45) is 0.826. The molecule has 0 fully saturated rings. The summed E-state index contributed by atoms with van der Waals surface area (Å²) in [5, 5.41) is 10.1. The van der Waals surface area contributed by atoms with Crippen LogP contribution in [0.1, 0.15) is 17.0 Å².